The third-order valence-corrected chi connectivity index (χ3v) is 3.16. The number of nitrogens with two attached hydrogens (primary N) is 1. The lowest BCUT2D eigenvalue weighted by Gasteiger charge is -2.14. The number of hydrazine groups is 1. The van der Waals surface area contributed by atoms with Gasteiger partial charge in [-0.15, -0.1) is 0 Å². The van der Waals surface area contributed by atoms with Gasteiger partial charge in [0.2, 0.25) is 0 Å². The van der Waals surface area contributed by atoms with Crippen LogP contribution in [0.15, 0.2) is 41.2 Å². The van der Waals surface area contributed by atoms with E-state index < -0.39 is 0 Å². The highest BCUT2D eigenvalue weighted by Gasteiger charge is 2.11. The first-order chi connectivity index (χ1) is 8.20. The third kappa shape index (κ3) is 2.75. The fourth-order valence-corrected chi connectivity index (χ4v) is 1.91. The quantitative estimate of drug-likeness (QED) is 0.627. The second kappa shape index (κ2) is 5.17. The van der Waals surface area contributed by atoms with Crippen molar-refractivity contribution in [2.24, 2.45) is 5.84 Å². The summed E-state index contributed by atoms with van der Waals surface area (Å²) in [7, 11) is 0. The van der Waals surface area contributed by atoms with Crippen molar-refractivity contribution in [3.05, 3.63) is 59.0 Å². The number of hydrogen-bond donors (Lipinski definition) is 2. The summed E-state index contributed by atoms with van der Waals surface area (Å²) in [6, 6.07) is 8.53. The van der Waals surface area contributed by atoms with Crippen molar-refractivity contribution in [3.63, 3.8) is 0 Å². The van der Waals surface area contributed by atoms with Gasteiger partial charge in [0.15, 0.2) is 0 Å². The Kier molecular flexibility index (Phi) is 3.61. The number of benzene rings is 1. The van der Waals surface area contributed by atoms with E-state index in [9.17, 15) is 0 Å². The number of rotatable bonds is 4. The van der Waals surface area contributed by atoms with Gasteiger partial charge in [0, 0.05) is 5.56 Å². The zero-order valence-electron chi connectivity index (χ0n) is 10.2. The molecule has 3 heteroatoms. The molecule has 0 aliphatic rings. The van der Waals surface area contributed by atoms with E-state index in [-0.39, 0.29) is 6.04 Å². The predicted molar refractivity (Wildman–Crippen MR) is 68.4 cm³/mol. The van der Waals surface area contributed by atoms with Gasteiger partial charge in [0.1, 0.15) is 0 Å². The fraction of sp³-hybridized carbons (Fsp3) is 0.286. The van der Waals surface area contributed by atoms with Crippen LogP contribution in [0, 0.1) is 13.8 Å². The van der Waals surface area contributed by atoms with Crippen LogP contribution >= 0.6 is 0 Å². The molecule has 17 heavy (non-hydrogen) atoms. The molecule has 2 rings (SSSR count). The van der Waals surface area contributed by atoms with Crippen LogP contribution in [-0.4, -0.2) is 0 Å². The number of aryl methyl sites for hydroxylation is 2. The van der Waals surface area contributed by atoms with Crippen LogP contribution in [0.1, 0.15) is 28.3 Å². The monoisotopic (exact) mass is 230 g/mol. The van der Waals surface area contributed by atoms with Crippen LogP contribution in [0.25, 0.3) is 0 Å². The Hall–Kier alpha value is -1.58. The lowest BCUT2D eigenvalue weighted by Crippen LogP contribution is -2.29. The van der Waals surface area contributed by atoms with Crippen LogP contribution in [0.4, 0.5) is 0 Å². The lowest BCUT2D eigenvalue weighted by molar-refractivity contribution is 0.525. The molecule has 3 nitrogen and oxygen atoms in total. The Labute approximate surface area is 102 Å². The topological polar surface area (TPSA) is 51.2 Å². The SMILES string of the molecule is Cc1ccc(CC(NN)c2ccoc2)cc1C. The second-order valence-electron chi connectivity index (χ2n) is 4.40. The van der Waals surface area contributed by atoms with Crippen LogP contribution in [0.3, 0.4) is 0 Å². The van der Waals surface area contributed by atoms with Gasteiger partial charge in [0.05, 0.1) is 18.6 Å². The molecule has 1 aromatic carbocycles. The smallest absolute Gasteiger partial charge is 0.0950 e. The number of furan rings is 1. The molecule has 2 aromatic rings. The third-order valence-electron chi connectivity index (χ3n) is 3.16. The van der Waals surface area contributed by atoms with Gasteiger partial charge in [-0.25, -0.2) is 0 Å². The summed E-state index contributed by atoms with van der Waals surface area (Å²) >= 11 is 0. The summed E-state index contributed by atoms with van der Waals surface area (Å²) < 4.78 is 5.08. The molecule has 1 aromatic heterocycles. The van der Waals surface area contributed by atoms with E-state index in [2.05, 4.69) is 37.5 Å². The summed E-state index contributed by atoms with van der Waals surface area (Å²) in [5, 5.41) is 0. The number of nitrogens with one attached hydrogen (secondary N) is 1. The van der Waals surface area contributed by atoms with Gasteiger partial charge >= 0.3 is 0 Å². The van der Waals surface area contributed by atoms with Gasteiger partial charge in [-0.2, -0.15) is 0 Å². The molecule has 1 atom stereocenters. The highest BCUT2D eigenvalue weighted by molar-refractivity contribution is 5.31. The Balaban J connectivity index is 2.16. The predicted octanol–water partition coefficient (Wildman–Crippen LogP) is 2.64. The first kappa shape index (κ1) is 11.9. The molecule has 0 aliphatic heterocycles. The van der Waals surface area contributed by atoms with Crippen LogP contribution < -0.4 is 11.3 Å². The lowest BCUT2D eigenvalue weighted by atomic mass is 9.98. The van der Waals surface area contributed by atoms with Crippen LogP contribution in [0.2, 0.25) is 0 Å². The van der Waals surface area contributed by atoms with Crippen molar-refractivity contribution in [2.45, 2.75) is 26.3 Å². The van der Waals surface area contributed by atoms with E-state index in [1.165, 1.54) is 16.7 Å². The Morgan fingerprint density at radius 2 is 2.06 bits per heavy atom. The molecular weight excluding hydrogens is 212 g/mol. The molecule has 3 N–H and O–H groups in total. The molecule has 1 heterocycles. The molecule has 0 saturated carbocycles. The molecule has 0 bridgehead atoms. The van der Waals surface area contributed by atoms with Gasteiger partial charge in [-0.1, -0.05) is 18.2 Å². The minimum absolute atomic E-state index is 0.0934. The van der Waals surface area contributed by atoms with Gasteiger partial charge in [0.25, 0.3) is 0 Å². The zero-order valence-corrected chi connectivity index (χ0v) is 10.2. The van der Waals surface area contributed by atoms with Gasteiger partial charge in [-0.3, -0.25) is 11.3 Å². The summed E-state index contributed by atoms with van der Waals surface area (Å²) in [6.45, 7) is 4.25. The molecule has 0 radical (unpaired) electrons. The fourth-order valence-electron chi connectivity index (χ4n) is 1.91. The average molecular weight is 230 g/mol. The van der Waals surface area contributed by atoms with Gasteiger partial charge in [-0.05, 0) is 43.0 Å². The molecule has 0 fully saturated rings. The maximum atomic E-state index is 5.59. The maximum absolute atomic E-state index is 5.59. The van der Waals surface area contributed by atoms with E-state index in [4.69, 9.17) is 10.3 Å². The van der Waals surface area contributed by atoms with Gasteiger partial charge < -0.3 is 4.42 Å². The van der Waals surface area contributed by atoms with E-state index in [1.54, 1.807) is 12.5 Å². The van der Waals surface area contributed by atoms with Crippen molar-refractivity contribution >= 4 is 0 Å². The Morgan fingerprint density at radius 3 is 2.65 bits per heavy atom. The maximum Gasteiger partial charge on any atom is 0.0950 e. The summed E-state index contributed by atoms with van der Waals surface area (Å²) in [5.41, 5.74) is 7.80. The molecule has 90 valence electrons. The van der Waals surface area contributed by atoms with Crippen LogP contribution in [0.5, 0.6) is 0 Å². The van der Waals surface area contributed by atoms with Crippen molar-refractivity contribution in [1.29, 1.82) is 0 Å². The van der Waals surface area contributed by atoms with E-state index >= 15 is 0 Å². The Morgan fingerprint density at radius 1 is 1.24 bits per heavy atom. The van der Waals surface area contributed by atoms with Crippen LogP contribution in [-0.2, 0) is 6.42 Å². The minimum atomic E-state index is 0.0934. The molecular formula is C14H18N2O. The molecule has 0 saturated heterocycles. The second-order valence-corrected chi connectivity index (χ2v) is 4.40. The molecule has 0 spiro atoms. The summed E-state index contributed by atoms with van der Waals surface area (Å²) in [5.74, 6) is 5.59. The zero-order chi connectivity index (χ0) is 12.3. The van der Waals surface area contributed by atoms with Crippen molar-refractivity contribution < 1.29 is 4.42 Å². The standard InChI is InChI=1S/C14H18N2O/c1-10-3-4-12(7-11(10)2)8-14(16-15)13-5-6-17-9-13/h3-7,9,14,16H,8,15H2,1-2H3. The highest BCUT2D eigenvalue weighted by Crippen LogP contribution is 2.19. The Bertz CT molecular complexity index is 477. The normalized spacial score (nSPS) is 12.6. The molecule has 1 unspecified atom stereocenters. The first-order valence-corrected chi connectivity index (χ1v) is 5.75. The summed E-state index contributed by atoms with van der Waals surface area (Å²) in [4.78, 5) is 0. The van der Waals surface area contributed by atoms with E-state index in [1.807, 2.05) is 6.07 Å². The van der Waals surface area contributed by atoms with E-state index in [0.29, 0.717) is 0 Å². The van der Waals surface area contributed by atoms with E-state index in [0.717, 1.165) is 12.0 Å². The first-order valence-electron chi connectivity index (χ1n) is 5.75. The minimum Gasteiger partial charge on any atom is -0.472 e. The summed E-state index contributed by atoms with van der Waals surface area (Å²) in [6.07, 6.45) is 4.25. The molecule has 0 amide bonds. The number of hydrogen-bond acceptors (Lipinski definition) is 3. The highest BCUT2D eigenvalue weighted by atomic mass is 16.3. The average Bonchev–Trinajstić information content (AvgIpc) is 2.84. The van der Waals surface area contributed by atoms with Crippen molar-refractivity contribution in [3.8, 4) is 0 Å². The van der Waals surface area contributed by atoms with Crippen molar-refractivity contribution in [1.82, 2.24) is 5.43 Å². The van der Waals surface area contributed by atoms with Crippen molar-refractivity contribution in [2.75, 3.05) is 0 Å². The molecule has 0 aliphatic carbocycles. The largest absolute Gasteiger partial charge is 0.472 e.